The summed E-state index contributed by atoms with van der Waals surface area (Å²) in [4.78, 5) is 23.7. The topological polar surface area (TPSA) is 55.4 Å². The fourth-order valence-electron chi connectivity index (χ4n) is 2.57. The molecule has 0 radical (unpaired) electrons. The fraction of sp³-hybridized carbons (Fsp3) is 0.750. The highest BCUT2D eigenvalue weighted by molar-refractivity contribution is 5.91. The molecule has 20 heavy (non-hydrogen) atoms. The Morgan fingerprint density at radius 3 is 2.40 bits per heavy atom. The molecule has 4 heteroatoms. The van der Waals surface area contributed by atoms with E-state index in [4.69, 9.17) is 4.74 Å². The zero-order valence-electron chi connectivity index (χ0n) is 12.9. The fourth-order valence-corrected chi connectivity index (χ4v) is 2.57. The first-order valence-corrected chi connectivity index (χ1v) is 7.47. The van der Waals surface area contributed by atoms with Crippen LogP contribution in [0.1, 0.15) is 59.3 Å². The zero-order chi connectivity index (χ0) is 15.2. The number of carbonyl (C=O) groups is 2. The number of hydrogen-bond donors (Lipinski definition) is 1. The third-order valence-corrected chi connectivity index (χ3v) is 3.49. The van der Waals surface area contributed by atoms with Crippen LogP contribution >= 0.6 is 0 Å². The minimum absolute atomic E-state index is 0.323. The summed E-state index contributed by atoms with van der Waals surface area (Å²) in [6, 6.07) is -0.567. The molecular formula is C16H27NO3. The number of rotatable bonds is 5. The van der Waals surface area contributed by atoms with E-state index in [0.717, 1.165) is 12.8 Å². The van der Waals surface area contributed by atoms with Gasteiger partial charge in [0.05, 0.1) is 0 Å². The summed E-state index contributed by atoms with van der Waals surface area (Å²) in [6.45, 7) is 8.92. The van der Waals surface area contributed by atoms with Gasteiger partial charge in [0.1, 0.15) is 11.6 Å². The number of nitrogens with one attached hydrogen (secondary N) is 1. The normalized spacial score (nSPS) is 18.1. The second-order valence-corrected chi connectivity index (χ2v) is 6.54. The first-order valence-electron chi connectivity index (χ1n) is 7.47. The van der Waals surface area contributed by atoms with Gasteiger partial charge >= 0.3 is 5.97 Å². The summed E-state index contributed by atoms with van der Waals surface area (Å²) < 4.78 is 5.40. The Morgan fingerprint density at radius 1 is 1.30 bits per heavy atom. The van der Waals surface area contributed by atoms with Gasteiger partial charge in [-0.15, -0.1) is 0 Å². The maximum atomic E-state index is 12.2. The molecule has 0 aromatic carbocycles. The summed E-state index contributed by atoms with van der Waals surface area (Å²) >= 11 is 0. The third-order valence-electron chi connectivity index (χ3n) is 3.49. The van der Waals surface area contributed by atoms with Crippen LogP contribution in [0.4, 0.5) is 0 Å². The number of esters is 1. The number of ether oxygens (including phenoxy) is 1. The van der Waals surface area contributed by atoms with Crippen LogP contribution in [0.2, 0.25) is 0 Å². The molecule has 0 spiro atoms. The standard InChI is InChI=1S/C16H27NO3/c1-5-14(18)17-13(15(19)20-16(2,3)4)11-12-9-7-6-8-10-12/h5,12-13H,1,6-11H2,2-4H3,(H,17,18)/t13-/m0/s1. The Labute approximate surface area is 122 Å². The first-order chi connectivity index (χ1) is 9.31. The molecule has 0 aromatic heterocycles. The predicted octanol–water partition coefficient (Wildman–Crippen LogP) is 2.97. The van der Waals surface area contributed by atoms with E-state index in [0.29, 0.717) is 12.3 Å². The van der Waals surface area contributed by atoms with Crippen molar-refractivity contribution in [3.8, 4) is 0 Å². The summed E-state index contributed by atoms with van der Waals surface area (Å²) in [5.41, 5.74) is -0.541. The van der Waals surface area contributed by atoms with Gasteiger partial charge in [-0.1, -0.05) is 38.7 Å². The van der Waals surface area contributed by atoms with E-state index in [9.17, 15) is 9.59 Å². The van der Waals surface area contributed by atoms with Crippen molar-refractivity contribution < 1.29 is 14.3 Å². The number of hydrogen-bond acceptors (Lipinski definition) is 3. The third kappa shape index (κ3) is 6.22. The SMILES string of the molecule is C=CC(=O)N[C@@H](CC1CCCCC1)C(=O)OC(C)(C)C. The molecule has 0 aliphatic heterocycles. The van der Waals surface area contributed by atoms with Crippen LogP contribution in [0.3, 0.4) is 0 Å². The molecule has 1 saturated carbocycles. The van der Waals surface area contributed by atoms with Crippen molar-refractivity contribution in [3.05, 3.63) is 12.7 Å². The van der Waals surface area contributed by atoms with Crippen molar-refractivity contribution in [1.82, 2.24) is 5.32 Å². The van der Waals surface area contributed by atoms with Crippen LogP contribution in [0.25, 0.3) is 0 Å². The highest BCUT2D eigenvalue weighted by Crippen LogP contribution is 2.28. The van der Waals surface area contributed by atoms with E-state index < -0.39 is 11.6 Å². The van der Waals surface area contributed by atoms with Crippen LogP contribution in [0.15, 0.2) is 12.7 Å². The van der Waals surface area contributed by atoms with Crippen LogP contribution in [-0.4, -0.2) is 23.5 Å². The molecule has 114 valence electrons. The number of amides is 1. The molecule has 0 heterocycles. The minimum Gasteiger partial charge on any atom is -0.458 e. The van der Waals surface area contributed by atoms with Crippen LogP contribution in [0, 0.1) is 5.92 Å². The summed E-state index contributed by atoms with van der Waals surface area (Å²) in [5, 5.41) is 2.70. The van der Waals surface area contributed by atoms with Crippen molar-refractivity contribution in [2.75, 3.05) is 0 Å². The molecule has 1 atom stereocenters. The number of carbonyl (C=O) groups excluding carboxylic acids is 2. The maximum absolute atomic E-state index is 12.2. The largest absolute Gasteiger partial charge is 0.458 e. The van der Waals surface area contributed by atoms with Crippen molar-refractivity contribution >= 4 is 11.9 Å². The Hall–Kier alpha value is -1.32. The molecule has 1 aliphatic rings. The average Bonchev–Trinajstić information content (AvgIpc) is 2.37. The van der Waals surface area contributed by atoms with E-state index in [1.807, 2.05) is 20.8 Å². The van der Waals surface area contributed by atoms with Gasteiger partial charge in [0.15, 0.2) is 0 Å². The predicted molar refractivity (Wildman–Crippen MR) is 79.2 cm³/mol. The van der Waals surface area contributed by atoms with Gasteiger partial charge in [-0.05, 0) is 39.2 Å². The zero-order valence-corrected chi connectivity index (χ0v) is 12.9. The molecular weight excluding hydrogens is 254 g/mol. The van der Waals surface area contributed by atoms with Gasteiger partial charge in [0.2, 0.25) is 5.91 Å². The summed E-state index contributed by atoms with van der Waals surface area (Å²) in [6.07, 6.45) is 7.80. The second-order valence-electron chi connectivity index (χ2n) is 6.54. The lowest BCUT2D eigenvalue weighted by Gasteiger charge is -2.28. The quantitative estimate of drug-likeness (QED) is 0.622. The molecule has 0 aromatic rings. The van der Waals surface area contributed by atoms with Crippen molar-refractivity contribution in [2.24, 2.45) is 5.92 Å². The van der Waals surface area contributed by atoms with Gasteiger partial charge in [0.25, 0.3) is 0 Å². The molecule has 1 rings (SSSR count). The Balaban J connectivity index is 2.65. The lowest BCUT2D eigenvalue weighted by atomic mass is 9.84. The lowest BCUT2D eigenvalue weighted by molar-refractivity contribution is -0.159. The molecule has 4 nitrogen and oxygen atoms in total. The van der Waals surface area contributed by atoms with Gasteiger partial charge in [-0.3, -0.25) is 4.79 Å². The van der Waals surface area contributed by atoms with E-state index >= 15 is 0 Å². The average molecular weight is 281 g/mol. The van der Waals surface area contributed by atoms with Crippen LogP contribution < -0.4 is 5.32 Å². The lowest BCUT2D eigenvalue weighted by Crippen LogP contribution is -2.44. The highest BCUT2D eigenvalue weighted by Gasteiger charge is 2.29. The van der Waals surface area contributed by atoms with Crippen molar-refractivity contribution in [1.29, 1.82) is 0 Å². The van der Waals surface area contributed by atoms with Crippen LogP contribution in [0.5, 0.6) is 0 Å². The molecule has 1 amide bonds. The van der Waals surface area contributed by atoms with E-state index in [1.165, 1.54) is 25.3 Å². The van der Waals surface area contributed by atoms with Gasteiger partial charge < -0.3 is 10.1 Å². The molecule has 1 fully saturated rings. The van der Waals surface area contributed by atoms with Crippen molar-refractivity contribution in [3.63, 3.8) is 0 Å². The summed E-state index contributed by atoms with van der Waals surface area (Å²) in [5.74, 6) is -0.179. The monoisotopic (exact) mass is 281 g/mol. The van der Waals surface area contributed by atoms with Gasteiger partial charge in [-0.25, -0.2) is 4.79 Å². The Kier molecular flexibility index (Phi) is 6.24. The van der Waals surface area contributed by atoms with E-state index in [2.05, 4.69) is 11.9 Å². The van der Waals surface area contributed by atoms with Gasteiger partial charge in [0, 0.05) is 0 Å². The highest BCUT2D eigenvalue weighted by atomic mass is 16.6. The Morgan fingerprint density at radius 2 is 1.90 bits per heavy atom. The molecule has 0 saturated heterocycles. The van der Waals surface area contributed by atoms with Crippen LogP contribution in [-0.2, 0) is 14.3 Å². The van der Waals surface area contributed by atoms with E-state index in [-0.39, 0.29) is 11.9 Å². The molecule has 1 aliphatic carbocycles. The minimum atomic E-state index is -0.567. The first kappa shape index (κ1) is 16.7. The Bertz CT molecular complexity index is 351. The maximum Gasteiger partial charge on any atom is 0.329 e. The van der Waals surface area contributed by atoms with E-state index in [1.54, 1.807) is 0 Å². The molecule has 1 N–H and O–H groups in total. The smallest absolute Gasteiger partial charge is 0.329 e. The summed E-state index contributed by atoms with van der Waals surface area (Å²) in [7, 11) is 0. The second kappa shape index (κ2) is 7.46. The molecule has 0 unspecified atom stereocenters. The van der Waals surface area contributed by atoms with Crippen molar-refractivity contribution in [2.45, 2.75) is 70.9 Å². The molecule has 0 bridgehead atoms. The van der Waals surface area contributed by atoms with Gasteiger partial charge in [-0.2, -0.15) is 0 Å².